The van der Waals surface area contributed by atoms with Gasteiger partial charge in [-0.1, -0.05) is 36.4 Å². The van der Waals surface area contributed by atoms with Gasteiger partial charge in [-0.3, -0.25) is 14.9 Å². The van der Waals surface area contributed by atoms with E-state index in [1.807, 2.05) is 24.3 Å². The smallest absolute Gasteiger partial charge is 0.259 e. The molecule has 25 heavy (non-hydrogen) atoms. The highest BCUT2D eigenvalue weighted by Crippen LogP contribution is 2.32. The van der Waals surface area contributed by atoms with E-state index in [4.69, 9.17) is 0 Å². The van der Waals surface area contributed by atoms with Crippen LogP contribution in [0.25, 0.3) is 33.5 Å². The van der Waals surface area contributed by atoms with Crippen LogP contribution in [0.5, 0.6) is 0 Å². The predicted octanol–water partition coefficient (Wildman–Crippen LogP) is 2.04. The molecule has 118 valence electrons. The Kier molecular flexibility index (Phi) is 2.16. The van der Waals surface area contributed by atoms with Crippen LogP contribution in [0, 0.1) is 0 Å². The van der Waals surface area contributed by atoms with Crippen LogP contribution in [0.4, 0.5) is 0 Å². The maximum absolute atomic E-state index is 12.6. The molecule has 0 bridgehead atoms. The first kappa shape index (κ1) is 13.0. The van der Waals surface area contributed by atoms with Crippen LogP contribution >= 0.6 is 0 Å². The Morgan fingerprint density at radius 1 is 1.00 bits per heavy atom. The van der Waals surface area contributed by atoms with Gasteiger partial charge in [-0.15, -0.1) is 0 Å². The summed E-state index contributed by atoms with van der Waals surface area (Å²) in [5.41, 5.74) is 5.06. The van der Waals surface area contributed by atoms with E-state index in [0.717, 1.165) is 49.8 Å². The number of hydrogen-bond acceptors (Lipinski definition) is 2. The Balaban J connectivity index is 2.01. The van der Waals surface area contributed by atoms with Gasteiger partial charge in [0, 0.05) is 26.7 Å². The number of aromatic amines is 1. The number of allylic oxidation sites excluding steroid dienone is 4. The van der Waals surface area contributed by atoms with Crippen molar-refractivity contribution in [2.75, 3.05) is 0 Å². The predicted molar refractivity (Wildman–Crippen MR) is 96.6 cm³/mol. The fourth-order valence-electron chi connectivity index (χ4n) is 4.33. The first-order chi connectivity index (χ1) is 12.2. The lowest BCUT2D eigenvalue weighted by molar-refractivity contribution is 0.0880. The number of rotatable bonds is 0. The monoisotopic (exact) mass is 324 g/mol. The van der Waals surface area contributed by atoms with Gasteiger partial charge < -0.3 is 4.98 Å². The van der Waals surface area contributed by atoms with Gasteiger partial charge in [0.15, 0.2) is 0 Å². The minimum atomic E-state index is -0.310. The fourth-order valence-corrected chi connectivity index (χ4v) is 4.33. The van der Waals surface area contributed by atoms with Crippen molar-refractivity contribution in [3.05, 3.63) is 69.6 Å². The van der Waals surface area contributed by atoms with E-state index in [9.17, 15) is 9.59 Å². The number of fused-ring (bicyclic) bond motifs is 9. The van der Waals surface area contributed by atoms with E-state index in [1.165, 1.54) is 0 Å². The highest BCUT2D eigenvalue weighted by molar-refractivity contribution is 6.30. The Morgan fingerprint density at radius 3 is 2.76 bits per heavy atom. The summed E-state index contributed by atoms with van der Waals surface area (Å²) in [6.45, 7) is 0. The molecule has 2 aromatic carbocycles. The number of para-hydroxylation sites is 1. The zero-order valence-corrected chi connectivity index (χ0v) is 13.1. The molecule has 0 saturated carbocycles. The molecular formula is C21H12N2O2. The molecule has 0 fully saturated rings. The van der Waals surface area contributed by atoms with E-state index in [0.29, 0.717) is 11.1 Å². The standard InChI is InChI=1S/C21H12N2O2/c24-20-17-15-11-6-2-1-5-10(11)9-13(15)19-16(18(17)21(25)23-20)12-7-3-4-8-14(12)22-19/h2-9,22H,1H2,(H,23,24,25). The van der Waals surface area contributed by atoms with Gasteiger partial charge in [0.1, 0.15) is 0 Å². The molecule has 1 aromatic heterocycles. The first-order valence-corrected chi connectivity index (χ1v) is 8.29. The first-order valence-electron chi connectivity index (χ1n) is 8.29. The van der Waals surface area contributed by atoms with Gasteiger partial charge in [-0.25, -0.2) is 0 Å². The molecule has 0 radical (unpaired) electrons. The molecule has 0 atom stereocenters. The summed E-state index contributed by atoms with van der Waals surface area (Å²) in [7, 11) is 0. The van der Waals surface area contributed by atoms with Crippen LogP contribution in [0.3, 0.4) is 0 Å². The van der Waals surface area contributed by atoms with Crippen LogP contribution in [0.2, 0.25) is 0 Å². The van der Waals surface area contributed by atoms with Crippen LogP contribution < -0.4 is 15.8 Å². The van der Waals surface area contributed by atoms with Crippen LogP contribution in [0.1, 0.15) is 27.1 Å². The number of carbonyl (C=O) groups is 2. The number of imide groups is 1. The van der Waals surface area contributed by atoms with Crippen molar-refractivity contribution < 1.29 is 9.59 Å². The Morgan fingerprint density at radius 2 is 1.84 bits per heavy atom. The van der Waals surface area contributed by atoms with Crippen molar-refractivity contribution in [1.29, 1.82) is 0 Å². The molecule has 3 aliphatic rings. The minimum Gasteiger partial charge on any atom is -0.354 e. The van der Waals surface area contributed by atoms with Crippen molar-refractivity contribution in [3.63, 3.8) is 0 Å². The lowest BCUT2D eigenvalue weighted by atomic mass is 9.96. The summed E-state index contributed by atoms with van der Waals surface area (Å²) in [5.74, 6) is -0.611. The van der Waals surface area contributed by atoms with Gasteiger partial charge in [-0.2, -0.15) is 0 Å². The molecule has 0 saturated heterocycles. The van der Waals surface area contributed by atoms with Gasteiger partial charge >= 0.3 is 0 Å². The summed E-state index contributed by atoms with van der Waals surface area (Å²) in [6, 6.07) is 7.91. The molecule has 2 amide bonds. The third-order valence-electron chi connectivity index (χ3n) is 5.31. The maximum atomic E-state index is 12.6. The summed E-state index contributed by atoms with van der Waals surface area (Å²) in [6.07, 6.45) is 9.31. The summed E-state index contributed by atoms with van der Waals surface area (Å²) < 4.78 is 0. The second-order valence-corrected chi connectivity index (χ2v) is 6.60. The van der Waals surface area contributed by atoms with Gasteiger partial charge in [0.2, 0.25) is 0 Å². The second kappa shape index (κ2) is 4.16. The zero-order chi connectivity index (χ0) is 16.7. The van der Waals surface area contributed by atoms with Crippen molar-refractivity contribution in [3.8, 4) is 0 Å². The normalized spacial score (nSPS) is 17.4. The third kappa shape index (κ3) is 1.43. The molecule has 1 aliphatic heterocycles. The quantitative estimate of drug-likeness (QED) is 0.622. The average Bonchev–Trinajstić information content (AvgIpc) is 3.26. The van der Waals surface area contributed by atoms with Crippen LogP contribution in [-0.2, 0) is 0 Å². The van der Waals surface area contributed by atoms with Gasteiger partial charge in [-0.05, 0) is 29.7 Å². The molecule has 4 nitrogen and oxygen atoms in total. The summed E-state index contributed by atoms with van der Waals surface area (Å²) in [4.78, 5) is 28.7. The Labute approximate surface area is 141 Å². The number of H-pyrrole nitrogens is 1. The molecular weight excluding hydrogens is 312 g/mol. The van der Waals surface area contributed by atoms with E-state index >= 15 is 0 Å². The molecule has 4 heteroatoms. The lowest BCUT2D eigenvalue weighted by Gasteiger charge is -2.05. The van der Waals surface area contributed by atoms with Gasteiger partial charge in [0.05, 0.1) is 16.6 Å². The number of hydrogen-bond donors (Lipinski definition) is 2. The molecule has 0 spiro atoms. The summed E-state index contributed by atoms with van der Waals surface area (Å²) in [5, 5.41) is 6.18. The van der Waals surface area contributed by atoms with Crippen molar-refractivity contribution in [1.82, 2.24) is 10.3 Å². The average molecular weight is 324 g/mol. The number of carbonyl (C=O) groups excluding carboxylic acids is 2. The largest absolute Gasteiger partial charge is 0.354 e. The van der Waals surface area contributed by atoms with Crippen LogP contribution in [-0.4, -0.2) is 16.8 Å². The summed E-state index contributed by atoms with van der Waals surface area (Å²) >= 11 is 0. The van der Waals surface area contributed by atoms with Crippen LogP contribution in [0.15, 0.2) is 48.1 Å². The van der Waals surface area contributed by atoms with E-state index in [2.05, 4.69) is 34.6 Å². The number of amides is 2. The van der Waals surface area contributed by atoms with Crippen molar-refractivity contribution in [2.24, 2.45) is 0 Å². The number of benzene rings is 2. The van der Waals surface area contributed by atoms with E-state index in [-0.39, 0.29) is 11.8 Å². The number of aromatic nitrogens is 1. The Hall–Kier alpha value is -3.40. The highest BCUT2D eigenvalue weighted by Gasteiger charge is 2.34. The van der Waals surface area contributed by atoms with Crippen molar-refractivity contribution >= 4 is 45.3 Å². The topological polar surface area (TPSA) is 62.0 Å². The molecule has 2 heterocycles. The molecule has 2 aliphatic carbocycles. The Bertz CT molecular complexity index is 1370. The molecule has 0 unspecified atom stereocenters. The van der Waals surface area contributed by atoms with Gasteiger partial charge in [0.25, 0.3) is 11.8 Å². The fraction of sp³-hybridized carbons (Fsp3) is 0.0476. The van der Waals surface area contributed by atoms with E-state index in [1.54, 1.807) is 0 Å². The minimum absolute atomic E-state index is 0.301. The third-order valence-corrected chi connectivity index (χ3v) is 5.31. The second-order valence-electron chi connectivity index (χ2n) is 6.60. The SMILES string of the molecule is O=C1NC(=O)c2c1c1c(c3[nH]c4ccccc4c23)=CC2=CCC=CC=12. The lowest BCUT2D eigenvalue weighted by Crippen LogP contribution is -2.32. The molecule has 3 aromatic rings. The maximum Gasteiger partial charge on any atom is 0.259 e. The van der Waals surface area contributed by atoms with E-state index < -0.39 is 0 Å². The molecule has 6 rings (SSSR count). The highest BCUT2D eigenvalue weighted by atomic mass is 16.2. The van der Waals surface area contributed by atoms with Crippen molar-refractivity contribution in [2.45, 2.75) is 6.42 Å². The zero-order valence-electron chi connectivity index (χ0n) is 13.1. The molecule has 2 N–H and O–H groups in total. The number of nitrogens with one attached hydrogen (secondary N) is 2.